The first kappa shape index (κ1) is 17.6. The summed E-state index contributed by atoms with van der Waals surface area (Å²) in [5, 5.41) is 2.90. The van der Waals surface area contributed by atoms with Gasteiger partial charge in [0.2, 0.25) is 11.8 Å². The van der Waals surface area contributed by atoms with Crippen LogP contribution in [0.3, 0.4) is 0 Å². The van der Waals surface area contributed by atoms with Crippen LogP contribution in [0.4, 0.5) is 5.69 Å². The molecule has 4 aliphatic carbocycles. The summed E-state index contributed by atoms with van der Waals surface area (Å²) in [4.78, 5) is 40.5. The van der Waals surface area contributed by atoms with Crippen LogP contribution < -0.4 is 10.2 Å². The van der Waals surface area contributed by atoms with Gasteiger partial charge in [0, 0.05) is 12.1 Å². The number of carbonyl (C=O) groups excluding carboxylic acids is 3. The van der Waals surface area contributed by atoms with Gasteiger partial charge in [-0.05, 0) is 53.9 Å². The molecule has 5 heteroatoms. The van der Waals surface area contributed by atoms with Crippen LogP contribution in [-0.2, 0) is 16.1 Å². The first-order valence-electron chi connectivity index (χ1n) is 10.6. The molecule has 150 valence electrons. The third-order valence-corrected chi connectivity index (χ3v) is 7.33. The molecular formula is C25H22N2O3. The number of amides is 3. The van der Waals surface area contributed by atoms with Crippen LogP contribution in [0.2, 0.25) is 0 Å². The number of rotatable bonds is 4. The average molecular weight is 398 g/mol. The summed E-state index contributed by atoms with van der Waals surface area (Å²) >= 11 is 0. The van der Waals surface area contributed by atoms with E-state index in [1.165, 1.54) is 4.90 Å². The van der Waals surface area contributed by atoms with Crippen LogP contribution in [0, 0.1) is 35.5 Å². The minimum Gasteiger partial charge on any atom is -0.348 e. The number of nitrogens with one attached hydrogen (secondary N) is 1. The number of allylic oxidation sites excluding steroid dienone is 2. The predicted octanol–water partition coefficient (Wildman–Crippen LogP) is 3.17. The van der Waals surface area contributed by atoms with E-state index in [9.17, 15) is 14.4 Å². The fraction of sp³-hybridized carbons (Fsp3) is 0.320. The second-order valence-corrected chi connectivity index (χ2v) is 8.89. The molecule has 0 aromatic heterocycles. The van der Waals surface area contributed by atoms with E-state index in [4.69, 9.17) is 0 Å². The lowest BCUT2D eigenvalue weighted by molar-refractivity contribution is -0.124. The fourth-order valence-corrected chi connectivity index (χ4v) is 5.88. The van der Waals surface area contributed by atoms with Crippen molar-refractivity contribution in [1.82, 2.24) is 5.32 Å². The Balaban J connectivity index is 1.24. The highest BCUT2D eigenvalue weighted by atomic mass is 16.2. The van der Waals surface area contributed by atoms with Crippen molar-refractivity contribution in [3.8, 4) is 0 Å². The Hall–Kier alpha value is -3.21. The molecule has 30 heavy (non-hydrogen) atoms. The minimum absolute atomic E-state index is 0.100. The van der Waals surface area contributed by atoms with Crippen molar-refractivity contribution in [3.05, 3.63) is 77.9 Å². The molecule has 3 amide bonds. The lowest BCUT2D eigenvalue weighted by atomic mass is 9.63. The lowest BCUT2D eigenvalue weighted by Gasteiger charge is -2.37. The van der Waals surface area contributed by atoms with Crippen LogP contribution >= 0.6 is 0 Å². The molecule has 1 aliphatic heterocycles. The highest BCUT2D eigenvalue weighted by Crippen LogP contribution is 2.65. The third kappa shape index (κ3) is 2.51. The zero-order chi connectivity index (χ0) is 20.4. The van der Waals surface area contributed by atoms with Crippen molar-refractivity contribution >= 4 is 23.4 Å². The Kier molecular flexibility index (Phi) is 3.76. The predicted molar refractivity (Wildman–Crippen MR) is 111 cm³/mol. The first-order valence-corrected chi connectivity index (χ1v) is 10.6. The Morgan fingerprint density at radius 1 is 0.900 bits per heavy atom. The quantitative estimate of drug-likeness (QED) is 0.635. The van der Waals surface area contributed by atoms with Crippen molar-refractivity contribution < 1.29 is 14.4 Å². The summed E-state index contributed by atoms with van der Waals surface area (Å²) in [7, 11) is 0. The summed E-state index contributed by atoms with van der Waals surface area (Å²) in [6.07, 6.45) is 5.48. The molecule has 5 nitrogen and oxygen atoms in total. The Morgan fingerprint density at radius 3 is 2.23 bits per heavy atom. The van der Waals surface area contributed by atoms with E-state index in [-0.39, 0.29) is 41.4 Å². The van der Waals surface area contributed by atoms with Crippen molar-refractivity contribution in [3.63, 3.8) is 0 Å². The largest absolute Gasteiger partial charge is 0.348 e. The van der Waals surface area contributed by atoms with E-state index in [2.05, 4.69) is 17.5 Å². The van der Waals surface area contributed by atoms with Gasteiger partial charge in [-0.3, -0.25) is 14.4 Å². The summed E-state index contributed by atoms with van der Waals surface area (Å²) in [5.41, 5.74) is 1.96. The molecule has 2 saturated carbocycles. The van der Waals surface area contributed by atoms with Crippen LogP contribution in [0.15, 0.2) is 66.7 Å². The zero-order valence-corrected chi connectivity index (χ0v) is 16.4. The van der Waals surface area contributed by atoms with Crippen molar-refractivity contribution in [2.75, 3.05) is 4.90 Å². The molecule has 1 N–H and O–H groups in total. The topological polar surface area (TPSA) is 66.5 Å². The van der Waals surface area contributed by atoms with Gasteiger partial charge in [0.15, 0.2) is 0 Å². The molecule has 0 unspecified atom stereocenters. The maximum Gasteiger partial charge on any atom is 0.251 e. The second-order valence-electron chi connectivity index (χ2n) is 8.89. The number of anilines is 1. The van der Waals surface area contributed by atoms with Gasteiger partial charge < -0.3 is 5.32 Å². The number of carbonyl (C=O) groups is 3. The highest BCUT2D eigenvalue weighted by Gasteiger charge is 2.67. The molecule has 2 aromatic carbocycles. The van der Waals surface area contributed by atoms with Crippen LogP contribution in [0.25, 0.3) is 0 Å². The molecule has 2 aromatic rings. The van der Waals surface area contributed by atoms with Gasteiger partial charge in [-0.1, -0.05) is 48.6 Å². The first-order chi connectivity index (χ1) is 14.6. The number of benzene rings is 2. The van der Waals surface area contributed by atoms with E-state index in [1.807, 2.05) is 30.3 Å². The van der Waals surface area contributed by atoms with E-state index in [1.54, 1.807) is 24.3 Å². The molecule has 2 bridgehead atoms. The Bertz CT molecular complexity index is 1060. The smallest absolute Gasteiger partial charge is 0.251 e. The molecule has 3 fully saturated rings. The van der Waals surface area contributed by atoms with Gasteiger partial charge in [-0.15, -0.1) is 0 Å². The standard InChI is InChI=1S/C25H22N2O3/c28-23(26-13-14-5-2-1-3-6-14)15-7-4-8-16(11-15)27-24(29)21-17-9-10-18(20-12-19(17)20)22(21)25(27)30/h1-11,17-22H,12-13H2,(H,26,28)/t17-,18-,19-,20+,21-,22+/m0/s1. The molecule has 1 saturated heterocycles. The highest BCUT2D eigenvalue weighted by molar-refractivity contribution is 6.23. The molecule has 1 heterocycles. The van der Waals surface area contributed by atoms with Crippen LogP contribution in [-0.4, -0.2) is 17.7 Å². The van der Waals surface area contributed by atoms with Gasteiger partial charge in [0.05, 0.1) is 17.5 Å². The van der Waals surface area contributed by atoms with Gasteiger partial charge in [0.1, 0.15) is 0 Å². The van der Waals surface area contributed by atoms with Crippen LogP contribution in [0.1, 0.15) is 22.3 Å². The zero-order valence-electron chi connectivity index (χ0n) is 16.4. The summed E-state index contributed by atoms with van der Waals surface area (Å²) in [6, 6.07) is 16.5. The Labute approximate surface area is 174 Å². The van der Waals surface area contributed by atoms with E-state index in [0.29, 0.717) is 29.6 Å². The second kappa shape index (κ2) is 6.39. The summed E-state index contributed by atoms with van der Waals surface area (Å²) < 4.78 is 0. The summed E-state index contributed by atoms with van der Waals surface area (Å²) in [6.45, 7) is 0.424. The third-order valence-electron chi connectivity index (χ3n) is 7.33. The van der Waals surface area contributed by atoms with Gasteiger partial charge in [-0.25, -0.2) is 4.90 Å². The fourth-order valence-electron chi connectivity index (χ4n) is 5.88. The normalized spacial score (nSPS) is 32.7. The number of imide groups is 1. The van der Waals surface area contributed by atoms with Crippen molar-refractivity contribution in [2.24, 2.45) is 35.5 Å². The molecule has 0 spiro atoms. The van der Waals surface area contributed by atoms with Gasteiger partial charge >= 0.3 is 0 Å². The number of hydrogen-bond acceptors (Lipinski definition) is 3. The van der Waals surface area contributed by atoms with Crippen LogP contribution in [0.5, 0.6) is 0 Å². The number of nitrogens with zero attached hydrogens (tertiary/aromatic N) is 1. The van der Waals surface area contributed by atoms with Crippen molar-refractivity contribution in [1.29, 1.82) is 0 Å². The SMILES string of the molecule is O=C(NCc1ccccc1)c1cccc(N2C(=O)[C@@H]3[C@H]4C=C[C@@H]([C@@H]5C[C@H]45)[C@@H]3C2=O)c1. The summed E-state index contributed by atoms with van der Waals surface area (Å²) in [5.74, 6) is 0.667. The maximum absolute atomic E-state index is 13.3. The molecular weight excluding hydrogens is 376 g/mol. The van der Waals surface area contributed by atoms with Gasteiger partial charge in [0.25, 0.3) is 5.91 Å². The molecule has 6 atom stereocenters. The maximum atomic E-state index is 13.3. The number of hydrogen-bond donors (Lipinski definition) is 1. The monoisotopic (exact) mass is 398 g/mol. The van der Waals surface area contributed by atoms with E-state index >= 15 is 0 Å². The van der Waals surface area contributed by atoms with E-state index in [0.717, 1.165) is 12.0 Å². The minimum atomic E-state index is -0.230. The molecule has 7 rings (SSSR count). The lowest BCUT2D eigenvalue weighted by Crippen LogP contribution is -2.40. The Morgan fingerprint density at radius 2 is 1.57 bits per heavy atom. The van der Waals surface area contributed by atoms with Gasteiger partial charge in [-0.2, -0.15) is 0 Å². The van der Waals surface area contributed by atoms with E-state index < -0.39 is 0 Å². The van der Waals surface area contributed by atoms with Crippen molar-refractivity contribution in [2.45, 2.75) is 13.0 Å². The molecule has 0 radical (unpaired) electrons. The molecule has 5 aliphatic rings. The average Bonchev–Trinajstić information content (AvgIpc) is 3.56.